The molecular formula is C14H20N2O7. The number of urea groups is 1. The van der Waals surface area contributed by atoms with E-state index in [2.05, 4.69) is 10.6 Å². The molecule has 1 aliphatic rings. The molecule has 0 aromatic heterocycles. The number of hydrogen-bond donors (Lipinski definition) is 7. The number of anilines is 1. The lowest BCUT2D eigenvalue weighted by molar-refractivity contribution is -0.267. The maximum Gasteiger partial charge on any atom is 0.319 e. The molecule has 128 valence electrons. The molecular weight excluding hydrogens is 308 g/mol. The molecule has 9 heteroatoms. The lowest BCUT2D eigenvalue weighted by Crippen LogP contribution is -2.66. The average Bonchev–Trinajstić information content (AvgIpc) is 2.55. The Labute approximate surface area is 132 Å². The summed E-state index contributed by atoms with van der Waals surface area (Å²) < 4.78 is 4.98. The highest BCUT2D eigenvalue weighted by Crippen LogP contribution is 2.22. The number of carbonyl (C=O) groups excluding carboxylic acids is 1. The molecule has 2 amide bonds. The standard InChI is InChI=1S/C14H20N2O7/c17-6-8(18)12-11(20)10(19)9(13(21)23-12)16-14(22)15-7-4-2-1-3-5-7/h1-5,8-13,17-21H,6H2,(H2,15,16,22)/t8-,9+,10+,11-,12+,13-/m1/s1. The number of aliphatic hydroxyl groups excluding tert-OH is 5. The van der Waals surface area contributed by atoms with Crippen molar-refractivity contribution in [1.82, 2.24) is 5.32 Å². The molecule has 0 unspecified atom stereocenters. The van der Waals surface area contributed by atoms with Gasteiger partial charge in [0, 0.05) is 5.69 Å². The Kier molecular flexibility index (Phi) is 5.88. The van der Waals surface area contributed by atoms with Crippen LogP contribution in [0.1, 0.15) is 0 Å². The molecule has 0 radical (unpaired) electrons. The SMILES string of the molecule is O=C(Nc1ccccc1)N[C@H]1[C@H](O)[C@@H](O)[C@H]([C@H](O)CO)O[C@H]1O. The van der Waals surface area contributed by atoms with E-state index >= 15 is 0 Å². The van der Waals surface area contributed by atoms with E-state index in [4.69, 9.17) is 9.84 Å². The fraction of sp³-hybridized carbons (Fsp3) is 0.500. The van der Waals surface area contributed by atoms with Crippen LogP contribution >= 0.6 is 0 Å². The van der Waals surface area contributed by atoms with Crippen molar-refractivity contribution in [2.45, 2.75) is 36.7 Å². The van der Waals surface area contributed by atoms with Gasteiger partial charge in [0.1, 0.15) is 30.5 Å². The summed E-state index contributed by atoms with van der Waals surface area (Å²) in [5, 5.41) is 52.9. The summed E-state index contributed by atoms with van der Waals surface area (Å²) in [6.07, 6.45) is -7.70. The molecule has 1 saturated heterocycles. The van der Waals surface area contributed by atoms with Crippen molar-refractivity contribution < 1.29 is 35.1 Å². The van der Waals surface area contributed by atoms with Gasteiger partial charge in [0.25, 0.3) is 0 Å². The molecule has 23 heavy (non-hydrogen) atoms. The Morgan fingerprint density at radius 1 is 1.17 bits per heavy atom. The number of hydrogen-bond acceptors (Lipinski definition) is 7. The first-order valence-electron chi connectivity index (χ1n) is 7.05. The molecule has 2 rings (SSSR count). The summed E-state index contributed by atoms with van der Waals surface area (Å²) in [5.74, 6) is 0. The van der Waals surface area contributed by atoms with Crippen LogP contribution in [0.5, 0.6) is 0 Å². The van der Waals surface area contributed by atoms with E-state index < -0.39 is 49.4 Å². The van der Waals surface area contributed by atoms with Gasteiger partial charge in [-0.2, -0.15) is 0 Å². The molecule has 1 heterocycles. The van der Waals surface area contributed by atoms with E-state index in [0.29, 0.717) is 5.69 Å². The van der Waals surface area contributed by atoms with Gasteiger partial charge in [0.05, 0.1) is 6.61 Å². The monoisotopic (exact) mass is 328 g/mol. The van der Waals surface area contributed by atoms with Crippen molar-refractivity contribution in [3.63, 3.8) is 0 Å². The summed E-state index contributed by atoms with van der Waals surface area (Å²) in [6, 6.07) is 6.47. The van der Waals surface area contributed by atoms with Crippen molar-refractivity contribution in [1.29, 1.82) is 0 Å². The first-order valence-corrected chi connectivity index (χ1v) is 7.05. The Balaban J connectivity index is 1.98. The minimum atomic E-state index is -1.67. The van der Waals surface area contributed by atoms with Gasteiger partial charge >= 0.3 is 6.03 Å². The Bertz CT molecular complexity index is 515. The zero-order valence-corrected chi connectivity index (χ0v) is 12.1. The maximum absolute atomic E-state index is 11.9. The molecule has 0 aliphatic carbocycles. The topological polar surface area (TPSA) is 152 Å². The van der Waals surface area contributed by atoms with Crippen molar-refractivity contribution in [3.8, 4) is 0 Å². The zero-order chi connectivity index (χ0) is 17.0. The molecule has 1 aliphatic heterocycles. The summed E-state index contributed by atoms with van der Waals surface area (Å²) in [4.78, 5) is 11.9. The predicted octanol–water partition coefficient (Wildman–Crippen LogP) is -2.03. The Morgan fingerprint density at radius 3 is 2.43 bits per heavy atom. The van der Waals surface area contributed by atoms with Crippen LogP contribution in [-0.4, -0.2) is 74.9 Å². The average molecular weight is 328 g/mol. The highest BCUT2D eigenvalue weighted by Gasteiger charge is 2.46. The van der Waals surface area contributed by atoms with Gasteiger partial charge in [0.15, 0.2) is 6.29 Å². The summed E-state index contributed by atoms with van der Waals surface area (Å²) >= 11 is 0. The van der Waals surface area contributed by atoms with Crippen molar-refractivity contribution >= 4 is 11.7 Å². The molecule has 0 bridgehead atoms. The number of benzene rings is 1. The van der Waals surface area contributed by atoms with Gasteiger partial charge in [-0.15, -0.1) is 0 Å². The van der Waals surface area contributed by atoms with Crippen LogP contribution in [0.2, 0.25) is 0 Å². The van der Waals surface area contributed by atoms with Gasteiger partial charge in [0.2, 0.25) is 0 Å². The Morgan fingerprint density at radius 2 is 1.83 bits per heavy atom. The zero-order valence-electron chi connectivity index (χ0n) is 12.1. The lowest BCUT2D eigenvalue weighted by Gasteiger charge is -2.42. The Hall–Kier alpha value is -1.75. The molecule has 0 saturated carbocycles. The van der Waals surface area contributed by atoms with Crippen LogP contribution in [0.4, 0.5) is 10.5 Å². The summed E-state index contributed by atoms with van der Waals surface area (Å²) in [6.45, 7) is -0.715. The van der Waals surface area contributed by atoms with Crippen LogP contribution in [-0.2, 0) is 4.74 Å². The number of nitrogens with one attached hydrogen (secondary N) is 2. The fourth-order valence-electron chi connectivity index (χ4n) is 2.32. The third kappa shape index (κ3) is 4.16. The van der Waals surface area contributed by atoms with Gasteiger partial charge in [-0.1, -0.05) is 18.2 Å². The normalized spacial score (nSPS) is 32.1. The second-order valence-electron chi connectivity index (χ2n) is 5.21. The smallest absolute Gasteiger partial charge is 0.319 e. The van der Waals surface area contributed by atoms with Crippen LogP contribution in [0.15, 0.2) is 30.3 Å². The van der Waals surface area contributed by atoms with Gasteiger partial charge in [-0.3, -0.25) is 0 Å². The first-order chi connectivity index (χ1) is 10.9. The molecule has 1 fully saturated rings. The molecule has 9 nitrogen and oxygen atoms in total. The minimum Gasteiger partial charge on any atom is -0.394 e. The number of rotatable bonds is 4. The van der Waals surface area contributed by atoms with Crippen molar-refractivity contribution in [3.05, 3.63) is 30.3 Å². The number of ether oxygens (including phenoxy) is 1. The largest absolute Gasteiger partial charge is 0.394 e. The summed E-state index contributed by atoms with van der Waals surface area (Å²) in [5.41, 5.74) is 0.500. The molecule has 0 spiro atoms. The third-order valence-corrected chi connectivity index (χ3v) is 3.55. The second kappa shape index (κ2) is 7.68. The molecule has 1 aromatic carbocycles. The second-order valence-corrected chi connectivity index (χ2v) is 5.21. The van der Waals surface area contributed by atoms with E-state index in [-0.39, 0.29) is 0 Å². The number of aliphatic hydroxyl groups is 5. The van der Waals surface area contributed by atoms with E-state index in [9.17, 15) is 25.2 Å². The quantitative estimate of drug-likeness (QED) is 0.336. The minimum absolute atomic E-state index is 0.500. The van der Waals surface area contributed by atoms with Crippen LogP contribution in [0, 0.1) is 0 Å². The highest BCUT2D eigenvalue weighted by atomic mass is 16.6. The molecule has 7 N–H and O–H groups in total. The third-order valence-electron chi connectivity index (χ3n) is 3.55. The lowest BCUT2D eigenvalue weighted by atomic mass is 9.94. The first kappa shape index (κ1) is 17.6. The van der Waals surface area contributed by atoms with Gasteiger partial charge in [-0.05, 0) is 12.1 Å². The van der Waals surface area contributed by atoms with Crippen LogP contribution in [0.25, 0.3) is 0 Å². The van der Waals surface area contributed by atoms with Crippen molar-refractivity contribution in [2.24, 2.45) is 0 Å². The fourth-order valence-corrected chi connectivity index (χ4v) is 2.32. The van der Waals surface area contributed by atoms with Crippen molar-refractivity contribution in [2.75, 3.05) is 11.9 Å². The van der Waals surface area contributed by atoms with E-state index in [1.807, 2.05) is 0 Å². The van der Waals surface area contributed by atoms with E-state index in [1.165, 1.54) is 0 Å². The number of carbonyl (C=O) groups is 1. The van der Waals surface area contributed by atoms with Crippen LogP contribution in [0.3, 0.4) is 0 Å². The van der Waals surface area contributed by atoms with Crippen LogP contribution < -0.4 is 10.6 Å². The molecule has 1 aromatic rings. The molecule has 6 atom stereocenters. The van der Waals surface area contributed by atoms with E-state index in [1.54, 1.807) is 30.3 Å². The van der Waals surface area contributed by atoms with Gasteiger partial charge in [-0.25, -0.2) is 4.79 Å². The number of para-hydroxylation sites is 1. The predicted molar refractivity (Wildman–Crippen MR) is 78.4 cm³/mol. The summed E-state index contributed by atoms with van der Waals surface area (Å²) in [7, 11) is 0. The number of amides is 2. The maximum atomic E-state index is 11.9. The highest BCUT2D eigenvalue weighted by molar-refractivity contribution is 5.89. The van der Waals surface area contributed by atoms with Gasteiger partial charge < -0.3 is 40.9 Å². The van der Waals surface area contributed by atoms with E-state index in [0.717, 1.165) is 0 Å².